The Morgan fingerprint density at radius 3 is 2.41 bits per heavy atom. The first-order valence-corrected chi connectivity index (χ1v) is 13.8. The smallest absolute Gasteiger partial charge is 0.317 e. The van der Waals surface area contributed by atoms with Gasteiger partial charge < -0.3 is 30.2 Å². The van der Waals surface area contributed by atoms with Crippen molar-refractivity contribution in [2.75, 3.05) is 18.5 Å². The van der Waals surface area contributed by atoms with Gasteiger partial charge in [-0.3, -0.25) is 9.59 Å². The van der Waals surface area contributed by atoms with E-state index < -0.39 is 29.2 Å². The minimum Gasteiger partial charge on any atom is -0.448 e. The number of H-pyrrole nitrogens is 1. The van der Waals surface area contributed by atoms with E-state index in [4.69, 9.17) is 24.9 Å². The molecule has 1 aromatic carbocycles. The van der Waals surface area contributed by atoms with Crippen LogP contribution in [0.4, 0.5) is 10.3 Å². The van der Waals surface area contributed by atoms with Crippen LogP contribution in [0.25, 0.3) is 22.6 Å². The number of carbonyl (C=O) groups is 2. The van der Waals surface area contributed by atoms with Crippen molar-refractivity contribution in [2.45, 2.75) is 70.8 Å². The second-order valence-electron chi connectivity index (χ2n) is 11.2. The van der Waals surface area contributed by atoms with Gasteiger partial charge in [-0.05, 0) is 76.8 Å². The Balaban J connectivity index is 1.38. The van der Waals surface area contributed by atoms with Crippen LogP contribution in [0.2, 0.25) is 0 Å². The number of nitrogens with one attached hydrogen (secondary N) is 2. The summed E-state index contributed by atoms with van der Waals surface area (Å²) in [5.41, 5.74) is 5.53. The van der Waals surface area contributed by atoms with Crippen molar-refractivity contribution in [1.82, 2.24) is 19.9 Å². The van der Waals surface area contributed by atoms with Crippen molar-refractivity contribution < 1.29 is 28.2 Å². The molecular weight excluding hydrogens is 531 g/mol. The first-order chi connectivity index (χ1) is 19.6. The first-order valence-electron chi connectivity index (χ1n) is 13.8. The van der Waals surface area contributed by atoms with Crippen molar-refractivity contribution in [3.63, 3.8) is 0 Å². The Bertz CT molecular complexity index is 1390. The minimum absolute atomic E-state index is 0.0246. The van der Waals surface area contributed by atoms with Gasteiger partial charge in [0.05, 0.1) is 30.3 Å². The van der Waals surface area contributed by atoms with Crippen LogP contribution >= 0.6 is 0 Å². The molecule has 0 unspecified atom stereocenters. The Morgan fingerprint density at radius 1 is 1.10 bits per heavy atom. The number of esters is 1. The highest BCUT2D eigenvalue weighted by Crippen LogP contribution is 2.38. The number of imidazole rings is 1. The quantitative estimate of drug-likeness (QED) is 0.339. The van der Waals surface area contributed by atoms with Crippen LogP contribution in [-0.4, -0.2) is 56.7 Å². The molecule has 12 heteroatoms. The third-order valence-electron chi connectivity index (χ3n) is 7.39. The van der Waals surface area contributed by atoms with Gasteiger partial charge in [-0.2, -0.15) is 0 Å². The number of amides is 1. The lowest BCUT2D eigenvalue weighted by Crippen LogP contribution is -2.53. The van der Waals surface area contributed by atoms with Gasteiger partial charge in [0, 0.05) is 17.8 Å². The largest absolute Gasteiger partial charge is 0.448 e. The summed E-state index contributed by atoms with van der Waals surface area (Å²) in [6.07, 6.45) is 4.03. The number of halogens is 1. The van der Waals surface area contributed by atoms with Crippen molar-refractivity contribution in [3.8, 4) is 22.6 Å². The molecule has 2 aromatic heterocycles. The molecule has 3 heterocycles. The summed E-state index contributed by atoms with van der Waals surface area (Å²) in [5.74, 6) is -0.780. The SMILES string of the molecule is CC(C)Nc1nccc(-c2[nH]c(C3OCC(C)(C(=O)OC4(C(N)=O)CCCCC4)CO3)nc2-c2ccc(F)cc2)n1. The number of aromatic nitrogens is 4. The summed E-state index contributed by atoms with van der Waals surface area (Å²) in [4.78, 5) is 42.4. The fraction of sp³-hybridized carbons (Fsp3) is 0.483. The van der Waals surface area contributed by atoms with Gasteiger partial charge in [-0.1, -0.05) is 6.42 Å². The van der Waals surface area contributed by atoms with Gasteiger partial charge in [0.2, 0.25) is 12.2 Å². The molecule has 5 rings (SSSR count). The normalized spacial score (nSPS) is 22.3. The fourth-order valence-electron chi connectivity index (χ4n) is 5.04. The third-order valence-corrected chi connectivity index (χ3v) is 7.39. The molecule has 1 aliphatic heterocycles. The maximum Gasteiger partial charge on any atom is 0.317 e. The number of aromatic amines is 1. The van der Waals surface area contributed by atoms with E-state index in [0.717, 1.165) is 19.3 Å². The molecule has 1 saturated heterocycles. The second kappa shape index (κ2) is 11.5. The van der Waals surface area contributed by atoms with E-state index in [1.807, 2.05) is 13.8 Å². The molecule has 0 spiro atoms. The Morgan fingerprint density at radius 2 is 1.78 bits per heavy atom. The van der Waals surface area contributed by atoms with E-state index in [-0.39, 0.29) is 25.1 Å². The number of rotatable bonds is 8. The number of hydrogen-bond acceptors (Lipinski definition) is 9. The number of primary amides is 1. The van der Waals surface area contributed by atoms with Crippen LogP contribution in [0.3, 0.4) is 0 Å². The van der Waals surface area contributed by atoms with E-state index in [1.165, 1.54) is 12.1 Å². The molecule has 2 aliphatic rings. The molecular formula is C29H35FN6O5. The number of hydrogen-bond donors (Lipinski definition) is 3. The van der Waals surface area contributed by atoms with Crippen LogP contribution in [-0.2, 0) is 23.8 Å². The molecule has 11 nitrogen and oxygen atoms in total. The second-order valence-corrected chi connectivity index (χ2v) is 11.2. The molecule has 1 amide bonds. The molecule has 4 N–H and O–H groups in total. The first kappa shape index (κ1) is 28.6. The van der Waals surface area contributed by atoms with Gasteiger partial charge >= 0.3 is 5.97 Å². The highest BCUT2D eigenvalue weighted by Gasteiger charge is 2.48. The van der Waals surface area contributed by atoms with Crippen LogP contribution in [0.15, 0.2) is 36.5 Å². The number of nitrogens with zero attached hydrogens (tertiary/aromatic N) is 3. The predicted molar refractivity (Wildman–Crippen MR) is 148 cm³/mol. The summed E-state index contributed by atoms with van der Waals surface area (Å²) >= 11 is 0. The maximum atomic E-state index is 13.7. The maximum absolute atomic E-state index is 13.7. The van der Waals surface area contributed by atoms with Gasteiger partial charge in [-0.25, -0.2) is 19.3 Å². The molecule has 1 saturated carbocycles. The number of benzene rings is 1. The number of nitrogens with two attached hydrogens (primary N) is 1. The Hall–Kier alpha value is -3.90. The van der Waals surface area contributed by atoms with Crippen molar-refractivity contribution >= 4 is 17.8 Å². The number of anilines is 1. The van der Waals surface area contributed by atoms with Crippen LogP contribution < -0.4 is 11.1 Å². The average molecular weight is 567 g/mol. The molecule has 3 aromatic rings. The zero-order valence-corrected chi connectivity index (χ0v) is 23.4. The van der Waals surface area contributed by atoms with Crippen LogP contribution in [0, 0.1) is 11.2 Å². The summed E-state index contributed by atoms with van der Waals surface area (Å²) in [5, 5.41) is 3.18. The number of carbonyl (C=O) groups excluding carboxylic acids is 2. The van der Waals surface area contributed by atoms with E-state index >= 15 is 0 Å². The highest BCUT2D eigenvalue weighted by atomic mass is 19.1. The van der Waals surface area contributed by atoms with Gasteiger partial charge in [0.1, 0.15) is 11.2 Å². The summed E-state index contributed by atoms with van der Waals surface area (Å²) in [6, 6.07) is 7.83. The van der Waals surface area contributed by atoms with Crippen LogP contribution in [0.1, 0.15) is 65.0 Å². The van der Waals surface area contributed by atoms with Gasteiger partial charge in [0.15, 0.2) is 11.4 Å². The van der Waals surface area contributed by atoms with Gasteiger partial charge in [0.25, 0.3) is 5.91 Å². The Labute approximate surface area is 237 Å². The lowest BCUT2D eigenvalue weighted by Gasteiger charge is -2.39. The van der Waals surface area contributed by atoms with E-state index in [0.29, 0.717) is 47.3 Å². The highest BCUT2D eigenvalue weighted by molar-refractivity contribution is 5.88. The number of ether oxygens (including phenoxy) is 3. The van der Waals surface area contributed by atoms with Crippen molar-refractivity contribution in [1.29, 1.82) is 0 Å². The van der Waals surface area contributed by atoms with Crippen LogP contribution in [0.5, 0.6) is 0 Å². The molecule has 41 heavy (non-hydrogen) atoms. The molecule has 0 radical (unpaired) electrons. The van der Waals surface area contributed by atoms with E-state index in [2.05, 4.69) is 20.3 Å². The predicted octanol–water partition coefficient (Wildman–Crippen LogP) is 4.28. The Kier molecular flexibility index (Phi) is 8.05. The zero-order valence-electron chi connectivity index (χ0n) is 23.4. The molecule has 1 aliphatic carbocycles. The van der Waals surface area contributed by atoms with E-state index in [9.17, 15) is 14.0 Å². The lowest BCUT2D eigenvalue weighted by atomic mass is 9.83. The topological polar surface area (TPSA) is 154 Å². The third kappa shape index (κ3) is 6.08. The average Bonchev–Trinajstić information content (AvgIpc) is 3.39. The minimum atomic E-state index is -1.30. The molecule has 218 valence electrons. The molecule has 2 fully saturated rings. The van der Waals surface area contributed by atoms with Gasteiger partial charge in [-0.15, -0.1) is 0 Å². The lowest BCUT2D eigenvalue weighted by molar-refractivity contribution is -0.243. The monoisotopic (exact) mass is 566 g/mol. The fourth-order valence-corrected chi connectivity index (χ4v) is 5.04. The van der Waals surface area contributed by atoms with E-state index in [1.54, 1.807) is 31.3 Å². The zero-order chi connectivity index (χ0) is 29.2. The molecule has 0 atom stereocenters. The van der Waals surface area contributed by atoms with Crippen molar-refractivity contribution in [2.24, 2.45) is 11.1 Å². The standard InChI is InChI=1S/C29H35FN6O5/c1-17(2)33-27-32-14-11-20(34-27)22-21(18-7-9-19(30)10-8-18)35-23(36-22)24-39-15-28(3,16-40-24)26(38)41-29(25(31)37)12-5-4-6-13-29/h7-11,14,17,24H,4-6,12-13,15-16H2,1-3H3,(H2,31,37)(H,35,36)(H,32,33,34). The summed E-state index contributed by atoms with van der Waals surface area (Å²) in [6.45, 7) is 5.59. The molecule has 0 bridgehead atoms. The summed E-state index contributed by atoms with van der Waals surface area (Å²) < 4.78 is 31.4. The summed E-state index contributed by atoms with van der Waals surface area (Å²) in [7, 11) is 0. The van der Waals surface area contributed by atoms with Crippen molar-refractivity contribution in [3.05, 3.63) is 48.2 Å².